The van der Waals surface area contributed by atoms with Crippen LogP contribution in [-0.4, -0.2) is 21.4 Å². The molecule has 34 valence electrons. The zero-order valence-electron chi connectivity index (χ0n) is 3.35. The lowest BCUT2D eigenvalue weighted by Crippen LogP contribution is -1.94. The molecule has 2 nitrogen and oxygen atoms in total. The molecule has 2 radical (unpaired) electrons. The highest BCUT2D eigenvalue weighted by atomic mass is 28.2. The van der Waals surface area contributed by atoms with E-state index in [0.717, 1.165) is 0 Å². The lowest BCUT2D eigenvalue weighted by Gasteiger charge is -1.84. The van der Waals surface area contributed by atoms with Crippen molar-refractivity contribution in [2.75, 3.05) is 6.61 Å². The van der Waals surface area contributed by atoms with E-state index >= 15 is 0 Å². The Hall–Kier alpha value is -0.123. The normalized spacial score (nSPS) is 8.17. The predicted molar refractivity (Wildman–Crippen MR) is 24.1 cm³/mol. The highest BCUT2D eigenvalue weighted by molar-refractivity contribution is 6.15. The maximum atomic E-state index is 7.96. The van der Waals surface area contributed by atoms with E-state index in [-0.39, 0.29) is 0 Å². The fourth-order valence-electron chi connectivity index (χ4n) is 0.0962. The van der Waals surface area contributed by atoms with Gasteiger partial charge in [0.25, 0.3) is 0 Å². The van der Waals surface area contributed by atoms with E-state index in [1.54, 1.807) is 6.08 Å². The van der Waals surface area contributed by atoms with E-state index in [1.165, 1.54) is 0 Å². The van der Waals surface area contributed by atoms with Gasteiger partial charge in [0.1, 0.15) is 0 Å². The SMILES string of the molecule is C=CCO[Si]O. The van der Waals surface area contributed by atoms with Crippen molar-refractivity contribution in [2.45, 2.75) is 0 Å². The van der Waals surface area contributed by atoms with Gasteiger partial charge in [-0.1, -0.05) is 6.08 Å². The van der Waals surface area contributed by atoms with Crippen LogP contribution in [0.5, 0.6) is 0 Å². The highest BCUT2D eigenvalue weighted by Gasteiger charge is 1.75. The predicted octanol–water partition coefficient (Wildman–Crippen LogP) is -0.285. The second-order valence-electron chi connectivity index (χ2n) is 0.691. The van der Waals surface area contributed by atoms with Crippen LogP contribution in [-0.2, 0) is 4.43 Å². The first kappa shape index (κ1) is 5.88. The molecule has 0 spiro atoms. The monoisotopic (exact) mass is 102 g/mol. The minimum Gasteiger partial charge on any atom is -0.409 e. The molecule has 0 aliphatic carbocycles. The van der Waals surface area contributed by atoms with Gasteiger partial charge in [0.2, 0.25) is 0 Å². The van der Waals surface area contributed by atoms with Crippen molar-refractivity contribution >= 4 is 10.0 Å². The van der Waals surface area contributed by atoms with E-state index in [1.807, 2.05) is 0 Å². The van der Waals surface area contributed by atoms with Gasteiger partial charge in [-0.15, -0.1) is 6.58 Å². The molecule has 0 saturated carbocycles. The van der Waals surface area contributed by atoms with E-state index in [4.69, 9.17) is 4.80 Å². The fraction of sp³-hybridized carbons (Fsp3) is 0.333. The van der Waals surface area contributed by atoms with Gasteiger partial charge in [0.05, 0.1) is 6.61 Å². The van der Waals surface area contributed by atoms with Crippen LogP contribution in [0.3, 0.4) is 0 Å². The molecular weight excluding hydrogens is 96.1 g/mol. The van der Waals surface area contributed by atoms with Crippen molar-refractivity contribution in [3.8, 4) is 0 Å². The fourth-order valence-corrected chi connectivity index (χ4v) is 0.289. The van der Waals surface area contributed by atoms with Gasteiger partial charge >= 0.3 is 10.0 Å². The summed E-state index contributed by atoms with van der Waals surface area (Å²) < 4.78 is 4.45. The van der Waals surface area contributed by atoms with Crippen LogP contribution in [0.4, 0.5) is 0 Å². The maximum Gasteiger partial charge on any atom is 0.430 e. The van der Waals surface area contributed by atoms with Crippen LogP contribution in [0.15, 0.2) is 12.7 Å². The van der Waals surface area contributed by atoms with E-state index in [2.05, 4.69) is 11.0 Å². The Morgan fingerprint density at radius 3 is 2.83 bits per heavy atom. The number of hydrogen-bond donors (Lipinski definition) is 1. The lowest BCUT2D eigenvalue weighted by molar-refractivity contribution is 0.321. The van der Waals surface area contributed by atoms with Crippen LogP contribution >= 0.6 is 0 Å². The first-order valence-electron chi connectivity index (χ1n) is 1.53. The average Bonchev–Trinajstić information content (AvgIpc) is 1.61. The smallest absolute Gasteiger partial charge is 0.409 e. The van der Waals surface area contributed by atoms with Crippen molar-refractivity contribution in [3.05, 3.63) is 12.7 Å². The van der Waals surface area contributed by atoms with Crippen molar-refractivity contribution in [1.82, 2.24) is 0 Å². The molecule has 0 bridgehead atoms. The van der Waals surface area contributed by atoms with Crippen LogP contribution in [0.1, 0.15) is 0 Å². The van der Waals surface area contributed by atoms with Crippen molar-refractivity contribution < 1.29 is 9.22 Å². The van der Waals surface area contributed by atoms with Crippen molar-refractivity contribution in [2.24, 2.45) is 0 Å². The van der Waals surface area contributed by atoms with Crippen LogP contribution < -0.4 is 0 Å². The summed E-state index contributed by atoms with van der Waals surface area (Å²) in [4.78, 5) is 7.96. The summed E-state index contributed by atoms with van der Waals surface area (Å²) in [6.45, 7) is 3.81. The molecule has 0 aromatic carbocycles. The maximum absolute atomic E-state index is 7.96. The molecule has 0 aliphatic rings. The Bertz CT molecular complexity index is 37.8. The molecule has 0 fully saturated rings. The molecule has 0 atom stereocenters. The first-order valence-corrected chi connectivity index (χ1v) is 2.39. The molecule has 0 rings (SSSR count). The van der Waals surface area contributed by atoms with Crippen LogP contribution in [0.2, 0.25) is 0 Å². The zero-order valence-corrected chi connectivity index (χ0v) is 4.35. The quantitative estimate of drug-likeness (QED) is 0.301. The highest BCUT2D eigenvalue weighted by Crippen LogP contribution is 1.64. The summed E-state index contributed by atoms with van der Waals surface area (Å²) in [5.74, 6) is 0. The Labute approximate surface area is 39.5 Å². The topological polar surface area (TPSA) is 29.5 Å². The molecule has 0 heterocycles. The van der Waals surface area contributed by atoms with Gasteiger partial charge in [-0.25, -0.2) is 0 Å². The molecule has 0 unspecified atom stereocenters. The van der Waals surface area contributed by atoms with Gasteiger partial charge in [-0.3, -0.25) is 0 Å². The van der Waals surface area contributed by atoms with Gasteiger partial charge < -0.3 is 9.22 Å². The second kappa shape index (κ2) is 4.88. The third-order valence-corrected chi connectivity index (χ3v) is 0.562. The Kier molecular flexibility index (Phi) is 4.78. The van der Waals surface area contributed by atoms with E-state index < -0.39 is 10.0 Å². The third kappa shape index (κ3) is 3.88. The Morgan fingerprint density at radius 2 is 2.67 bits per heavy atom. The molecule has 0 aromatic heterocycles. The summed E-state index contributed by atoms with van der Waals surface area (Å²) in [5, 5.41) is 0. The van der Waals surface area contributed by atoms with Gasteiger partial charge in [-0.05, 0) is 0 Å². The summed E-state index contributed by atoms with van der Waals surface area (Å²) >= 11 is 0. The van der Waals surface area contributed by atoms with Gasteiger partial charge in [0, 0.05) is 0 Å². The summed E-state index contributed by atoms with van der Waals surface area (Å²) in [7, 11) is -0.407. The van der Waals surface area contributed by atoms with E-state index in [0.29, 0.717) is 6.61 Å². The number of rotatable bonds is 3. The average molecular weight is 102 g/mol. The molecular formula is C3H6O2Si. The largest absolute Gasteiger partial charge is 0.430 e. The van der Waals surface area contributed by atoms with E-state index in [9.17, 15) is 0 Å². The molecule has 1 N–H and O–H groups in total. The molecule has 0 saturated heterocycles. The standard InChI is InChI=1S/C3H6O2Si/c1-2-3-5-6-4/h2,4H,1,3H2. The van der Waals surface area contributed by atoms with Crippen molar-refractivity contribution in [3.63, 3.8) is 0 Å². The molecule has 0 aromatic rings. The summed E-state index contributed by atoms with van der Waals surface area (Å²) in [5.41, 5.74) is 0. The zero-order chi connectivity index (χ0) is 4.83. The van der Waals surface area contributed by atoms with Crippen molar-refractivity contribution in [1.29, 1.82) is 0 Å². The second-order valence-corrected chi connectivity index (χ2v) is 1.16. The van der Waals surface area contributed by atoms with Crippen LogP contribution in [0.25, 0.3) is 0 Å². The molecule has 0 aliphatic heterocycles. The third-order valence-electron chi connectivity index (χ3n) is 0.266. The Balaban J connectivity index is 2.49. The minimum atomic E-state index is -0.407. The first-order chi connectivity index (χ1) is 2.91. The molecule has 3 heteroatoms. The molecule has 6 heavy (non-hydrogen) atoms. The number of hydrogen-bond acceptors (Lipinski definition) is 2. The molecule has 0 amide bonds. The summed E-state index contributed by atoms with van der Waals surface area (Å²) in [6, 6.07) is 0. The van der Waals surface area contributed by atoms with Crippen LogP contribution in [0, 0.1) is 0 Å². The Morgan fingerprint density at radius 1 is 2.00 bits per heavy atom. The lowest BCUT2D eigenvalue weighted by atomic mass is 10.7. The summed E-state index contributed by atoms with van der Waals surface area (Å²) in [6.07, 6.45) is 1.59. The minimum absolute atomic E-state index is 0.407. The van der Waals surface area contributed by atoms with Gasteiger partial charge in [-0.2, -0.15) is 0 Å². The van der Waals surface area contributed by atoms with Gasteiger partial charge in [0.15, 0.2) is 0 Å².